The van der Waals surface area contributed by atoms with Crippen molar-refractivity contribution in [2.45, 2.75) is 39.0 Å². The number of piperidine rings is 2. The Labute approximate surface area is 100 Å². The second-order valence-electron chi connectivity index (χ2n) is 5.63. The molecule has 0 saturated carbocycles. The molecule has 0 aromatic carbocycles. The first-order valence-corrected chi connectivity index (χ1v) is 6.89. The van der Waals surface area contributed by atoms with E-state index in [4.69, 9.17) is 0 Å². The average Bonchev–Trinajstić information content (AvgIpc) is 2.31. The second kappa shape index (κ2) is 5.72. The number of hydrogen-bond acceptors (Lipinski definition) is 2. The van der Waals surface area contributed by atoms with Crippen molar-refractivity contribution in [2.24, 2.45) is 11.8 Å². The highest BCUT2D eigenvalue weighted by molar-refractivity contribution is 4.97. The summed E-state index contributed by atoms with van der Waals surface area (Å²) in [6.07, 6.45) is 6.61. The lowest BCUT2D eigenvalue weighted by Gasteiger charge is -2.35. The average molecular weight is 222 g/mol. The minimum atomic E-state index is 0.882. The predicted molar refractivity (Wildman–Crippen MR) is 69.3 cm³/mol. The Kier molecular flexibility index (Phi) is 4.28. The lowest BCUT2D eigenvalue weighted by atomic mass is 9.92. The van der Waals surface area contributed by atoms with Gasteiger partial charge in [0.2, 0.25) is 0 Å². The predicted octanol–water partition coefficient (Wildman–Crippen LogP) is 2.62. The molecule has 2 heterocycles. The minimum Gasteiger partial charge on any atom is -0.375 e. The van der Waals surface area contributed by atoms with Crippen LogP contribution in [0.25, 0.3) is 0 Å². The van der Waals surface area contributed by atoms with Gasteiger partial charge in [-0.25, -0.2) is 0 Å². The third-order valence-electron chi connectivity index (χ3n) is 4.21. The van der Waals surface area contributed by atoms with Gasteiger partial charge in [0.1, 0.15) is 0 Å². The molecule has 0 unspecified atom stereocenters. The van der Waals surface area contributed by atoms with Gasteiger partial charge in [-0.15, -0.1) is 0 Å². The molecule has 0 bridgehead atoms. The van der Waals surface area contributed by atoms with Gasteiger partial charge in [-0.1, -0.05) is 13.5 Å². The monoisotopic (exact) mass is 222 g/mol. The molecule has 0 radical (unpaired) electrons. The zero-order chi connectivity index (χ0) is 11.4. The molecular formula is C14H26N2. The molecule has 2 saturated heterocycles. The van der Waals surface area contributed by atoms with Gasteiger partial charge in [-0.2, -0.15) is 0 Å². The van der Waals surface area contributed by atoms with E-state index in [1.807, 2.05) is 0 Å². The number of likely N-dealkylation sites (tertiary alicyclic amines) is 1. The zero-order valence-corrected chi connectivity index (χ0v) is 10.7. The molecule has 2 nitrogen and oxygen atoms in total. The molecule has 16 heavy (non-hydrogen) atoms. The van der Waals surface area contributed by atoms with E-state index < -0.39 is 0 Å². The summed E-state index contributed by atoms with van der Waals surface area (Å²) in [5.41, 5.74) is 1.40. The molecule has 0 aliphatic carbocycles. The van der Waals surface area contributed by atoms with Crippen LogP contribution in [0.5, 0.6) is 0 Å². The van der Waals surface area contributed by atoms with E-state index in [0.29, 0.717) is 0 Å². The third kappa shape index (κ3) is 3.24. The van der Waals surface area contributed by atoms with Crippen LogP contribution in [0.1, 0.15) is 39.0 Å². The maximum Gasteiger partial charge on any atom is 0.0177 e. The van der Waals surface area contributed by atoms with Gasteiger partial charge in [0.05, 0.1) is 0 Å². The smallest absolute Gasteiger partial charge is 0.0177 e. The fraction of sp³-hybridized carbons (Fsp3) is 0.857. The summed E-state index contributed by atoms with van der Waals surface area (Å²) in [4.78, 5) is 2.53. The number of nitrogens with zero attached hydrogens (tertiary/aromatic N) is 1. The molecule has 2 rings (SSSR count). The Hall–Kier alpha value is -0.500. The van der Waals surface area contributed by atoms with Crippen LogP contribution in [0.3, 0.4) is 0 Å². The Balaban J connectivity index is 1.74. The quantitative estimate of drug-likeness (QED) is 0.789. The summed E-state index contributed by atoms with van der Waals surface area (Å²) < 4.78 is 0. The van der Waals surface area contributed by atoms with Crippen molar-refractivity contribution < 1.29 is 0 Å². The summed E-state index contributed by atoms with van der Waals surface area (Å²) in [5.74, 6) is 1.80. The normalized spacial score (nSPS) is 24.7. The Morgan fingerprint density at radius 2 is 1.81 bits per heavy atom. The molecule has 0 aromatic heterocycles. The lowest BCUT2D eigenvalue weighted by Crippen LogP contribution is -2.34. The number of rotatable bonds is 3. The second-order valence-corrected chi connectivity index (χ2v) is 5.63. The highest BCUT2D eigenvalue weighted by Crippen LogP contribution is 2.25. The van der Waals surface area contributed by atoms with Crippen molar-refractivity contribution in [3.63, 3.8) is 0 Å². The fourth-order valence-corrected chi connectivity index (χ4v) is 2.87. The van der Waals surface area contributed by atoms with Crippen LogP contribution in [0.15, 0.2) is 12.3 Å². The summed E-state index contributed by atoms with van der Waals surface area (Å²) in [6, 6.07) is 0. The van der Waals surface area contributed by atoms with Gasteiger partial charge < -0.3 is 10.2 Å². The minimum absolute atomic E-state index is 0.882. The Bertz CT molecular complexity index is 223. The first-order valence-electron chi connectivity index (χ1n) is 6.89. The number of hydrogen-bond donors (Lipinski definition) is 1. The first-order chi connectivity index (χ1) is 7.75. The third-order valence-corrected chi connectivity index (χ3v) is 4.21. The molecular weight excluding hydrogens is 196 g/mol. The van der Waals surface area contributed by atoms with Crippen LogP contribution >= 0.6 is 0 Å². The molecule has 2 aliphatic rings. The highest BCUT2D eigenvalue weighted by Gasteiger charge is 2.20. The van der Waals surface area contributed by atoms with Gasteiger partial charge in [0.25, 0.3) is 0 Å². The van der Waals surface area contributed by atoms with Crippen LogP contribution in [0, 0.1) is 11.8 Å². The SMILES string of the molecule is C=C(CC1CCNCC1)N1CCC(C)CC1. The van der Waals surface area contributed by atoms with Crippen molar-refractivity contribution in [1.82, 2.24) is 10.2 Å². The molecule has 0 spiro atoms. The van der Waals surface area contributed by atoms with Gasteiger partial charge in [-0.05, 0) is 57.0 Å². The van der Waals surface area contributed by atoms with Crippen LogP contribution in [-0.2, 0) is 0 Å². The lowest BCUT2D eigenvalue weighted by molar-refractivity contribution is 0.219. The van der Waals surface area contributed by atoms with E-state index in [2.05, 4.69) is 23.7 Å². The van der Waals surface area contributed by atoms with Gasteiger partial charge in [0, 0.05) is 18.8 Å². The number of nitrogens with one attached hydrogen (secondary N) is 1. The maximum absolute atomic E-state index is 4.30. The molecule has 0 aromatic rings. The molecule has 92 valence electrons. The summed E-state index contributed by atoms with van der Waals surface area (Å²) in [7, 11) is 0. The molecule has 2 aliphatic heterocycles. The van der Waals surface area contributed by atoms with Crippen LogP contribution in [0.2, 0.25) is 0 Å². The van der Waals surface area contributed by atoms with E-state index in [1.165, 1.54) is 64.0 Å². The molecule has 0 atom stereocenters. The molecule has 2 heteroatoms. The number of allylic oxidation sites excluding steroid dienone is 1. The first kappa shape index (κ1) is 12.0. The van der Waals surface area contributed by atoms with Crippen molar-refractivity contribution >= 4 is 0 Å². The summed E-state index contributed by atoms with van der Waals surface area (Å²) >= 11 is 0. The topological polar surface area (TPSA) is 15.3 Å². The fourth-order valence-electron chi connectivity index (χ4n) is 2.87. The van der Waals surface area contributed by atoms with Gasteiger partial charge >= 0.3 is 0 Å². The van der Waals surface area contributed by atoms with Gasteiger partial charge in [0.15, 0.2) is 0 Å². The molecule has 0 amide bonds. The summed E-state index contributed by atoms with van der Waals surface area (Å²) in [6.45, 7) is 11.6. The van der Waals surface area contributed by atoms with Crippen molar-refractivity contribution in [2.75, 3.05) is 26.2 Å². The maximum atomic E-state index is 4.30. The van der Waals surface area contributed by atoms with E-state index in [-0.39, 0.29) is 0 Å². The van der Waals surface area contributed by atoms with E-state index in [1.54, 1.807) is 0 Å². The van der Waals surface area contributed by atoms with Crippen LogP contribution in [-0.4, -0.2) is 31.1 Å². The highest BCUT2D eigenvalue weighted by atomic mass is 15.1. The van der Waals surface area contributed by atoms with Crippen molar-refractivity contribution in [1.29, 1.82) is 0 Å². The Morgan fingerprint density at radius 3 is 2.44 bits per heavy atom. The molecule has 2 fully saturated rings. The zero-order valence-electron chi connectivity index (χ0n) is 10.7. The van der Waals surface area contributed by atoms with Crippen LogP contribution in [0.4, 0.5) is 0 Å². The Morgan fingerprint density at radius 1 is 1.19 bits per heavy atom. The molecule has 1 N–H and O–H groups in total. The van der Waals surface area contributed by atoms with Crippen LogP contribution < -0.4 is 5.32 Å². The standard InChI is InChI=1S/C14H26N2/c1-12-5-9-16(10-6-12)13(2)11-14-3-7-15-8-4-14/h12,14-15H,2-11H2,1H3. The van der Waals surface area contributed by atoms with Gasteiger partial charge in [-0.3, -0.25) is 0 Å². The van der Waals surface area contributed by atoms with E-state index >= 15 is 0 Å². The van der Waals surface area contributed by atoms with E-state index in [0.717, 1.165) is 11.8 Å². The van der Waals surface area contributed by atoms with E-state index in [9.17, 15) is 0 Å². The van der Waals surface area contributed by atoms with Crippen molar-refractivity contribution in [3.05, 3.63) is 12.3 Å². The summed E-state index contributed by atoms with van der Waals surface area (Å²) in [5, 5.41) is 3.43. The largest absolute Gasteiger partial charge is 0.375 e. The van der Waals surface area contributed by atoms with Crippen molar-refractivity contribution in [3.8, 4) is 0 Å².